The van der Waals surface area contributed by atoms with Gasteiger partial charge in [0.15, 0.2) is 5.41 Å². The number of carboxylic acids is 5. The molecule has 326 valence electrons. The summed E-state index contributed by atoms with van der Waals surface area (Å²) in [5, 5.41) is 50.2. The second-order valence-corrected chi connectivity index (χ2v) is 13.6. The molecule has 28 heteroatoms. The van der Waals surface area contributed by atoms with Gasteiger partial charge in [-0.05, 0) is 39.0 Å². The maximum Gasteiger partial charge on any atom is 0.343 e. The number of nitrogens with zero attached hydrogens (tertiary/aromatic N) is 3. The third-order valence-electron chi connectivity index (χ3n) is 9.34. The fourth-order valence-electron chi connectivity index (χ4n) is 5.62. The summed E-state index contributed by atoms with van der Waals surface area (Å²) in [6, 6.07) is -2.88. The van der Waals surface area contributed by atoms with Crippen molar-refractivity contribution in [1.82, 2.24) is 30.7 Å². The van der Waals surface area contributed by atoms with Crippen molar-refractivity contribution in [2.24, 2.45) is 28.5 Å². The molecule has 3 aliphatic heterocycles. The van der Waals surface area contributed by atoms with Crippen LogP contribution in [0.4, 0.5) is 14.4 Å². The van der Waals surface area contributed by atoms with Crippen LogP contribution in [0.5, 0.6) is 0 Å². The predicted molar refractivity (Wildman–Crippen MR) is 186 cm³/mol. The summed E-state index contributed by atoms with van der Waals surface area (Å²) >= 11 is 0. The normalized spacial score (nSPS) is 23.9. The van der Waals surface area contributed by atoms with E-state index in [9.17, 15) is 72.2 Å². The zero-order chi connectivity index (χ0) is 46.2. The Bertz CT molecular complexity index is 1870. The number of nitrogens with two attached hydrogens (primary N) is 3. The van der Waals surface area contributed by atoms with Crippen LogP contribution in [0, 0.1) is 11.3 Å². The van der Waals surface area contributed by atoms with Crippen LogP contribution in [0.2, 0.25) is 0 Å². The van der Waals surface area contributed by atoms with Crippen molar-refractivity contribution in [3.63, 3.8) is 0 Å². The molecule has 14 N–H and O–H groups in total. The number of urea groups is 3. The average molecular weight is 846 g/mol. The first-order chi connectivity index (χ1) is 26.9. The molecule has 3 aliphatic rings. The largest absolute Gasteiger partial charge is 0.481 e. The maximum absolute atomic E-state index is 12.9. The van der Waals surface area contributed by atoms with Crippen LogP contribution in [0.1, 0.15) is 58.3 Å². The molecular formula is C31H43N9O19. The molecule has 3 fully saturated rings. The number of carbonyl (C=O) groups is 14. The SMILES string of the molecule is CN1C(=O)NC(=O)C(CC(C)(N)C(=O)O)C1=O.CN1C(=O)NC(=O)C(CCCC(=O)O)(C(N)(CCCCC(=O)O)C(=O)O)C1=O.CN1C(=O)NC(=O)C(N)(C(=O)O)C1=O. The number of unbranched alkanes of at least 4 members (excludes halogenated alkanes) is 1. The molecule has 5 unspecified atom stereocenters. The summed E-state index contributed by atoms with van der Waals surface area (Å²) in [4.78, 5) is 161. The van der Waals surface area contributed by atoms with Crippen molar-refractivity contribution < 1.29 is 92.7 Å². The second-order valence-electron chi connectivity index (χ2n) is 13.6. The number of nitrogens with one attached hydrogen (secondary N) is 3. The summed E-state index contributed by atoms with van der Waals surface area (Å²) in [5.74, 6) is -14.9. The quantitative estimate of drug-likeness (QED) is 0.0545. The Hall–Kier alpha value is -6.94. The highest BCUT2D eigenvalue weighted by atomic mass is 16.4. The number of carboxylic acid groups (broad SMARTS) is 5. The molecule has 5 atom stereocenters. The Morgan fingerprint density at radius 1 is 0.661 bits per heavy atom. The summed E-state index contributed by atoms with van der Waals surface area (Å²) in [7, 11) is 3.27. The van der Waals surface area contributed by atoms with Crippen molar-refractivity contribution in [3.05, 3.63) is 0 Å². The molecule has 3 heterocycles. The zero-order valence-electron chi connectivity index (χ0n) is 31.8. The van der Waals surface area contributed by atoms with Crippen molar-refractivity contribution >= 4 is 83.4 Å². The van der Waals surface area contributed by atoms with Gasteiger partial charge in [0.25, 0.3) is 17.4 Å². The van der Waals surface area contributed by atoms with Gasteiger partial charge in [-0.1, -0.05) is 6.42 Å². The molecule has 0 aromatic heterocycles. The Labute approximate surface area is 331 Å². The number of amides is 12. The van der Waals surface area contributed by atoms with E-state index in [0.717, 1.165) is 19.0 Å². The summed E-state index contributed by atoms with van der Waals surface area (Å²) in [6.07, 6.45) is -2.23. The van der Waals surface area contributed by atoms with E-state index in [2.05, 4.69) is 0 Å². The lowest BCUT2D eigenvalue weighted by Crippen LogP contribution is -2.75. The van der Waals surface area contributed by atoms with Crippen molar-refractivity contribution in [2.45, 2.75) is 74.9 Å². The number of hydrogen-bond donors (Lipinski definition) is 11. The summed E-state index contributed by atoms with van der Waals surface area (Å²) < 4.78 is 0. The van der Waals surface area contributed by atoms with Crippen molar-refractivity contribution in [2.75, 3.05) is 21.1 Å². The Morgan fingerprint density at radius 2 is 1.12 bits per heavy atom. The zero-order valence-corrected chi connectivity index (χ0v) is 31.8. The van der Waals surface area contributed by atoms with E-state index in [0.29, 0.717) is 9.80 Å². The minimum Gasteiger partial charge on any atom is -0.481 e. The lowest BCUT2D eigenvalue weighted by molar-refractivity contribution is -0.168. The van der Waals surface area contributed by atoms with Crippen LogP contribution >= 0.6 is 0 Å². The number of aliphatic carboxylic acids is 5. The Balaban J connectivity index is 0.000000478. The molecular weight excluding hydrogens is 802 g/mol. The Morgan fingerprint density at radius 3 is 1.58 bits per heavy atom. The molecule has 0 saturated carbocycles. The smallest absolute Gasteiger partial charge is 0.343 e. The van der Waals surface area contributed by atoms with E-state index in [4.69, 9.17) is 37.6 Å². The molecule has 3 saturated heterocycles. The molecule has 0 bridgehead atoms. The number of hydrogen-bond acceptors (Lipinski definition) is 17. The van der Waals surface area contributed by atoms with Gasteiger partial charge in [-0.2, -0.15) is 0 Å². The molecule has 0 spiro atoms. The van der Waals surface area contributed by atoms with Gasteiger partial charge in [0, 0.05) is 34.0 Å². The van der Waals surface area contributed by atoms with Crippen LogP contribution in [0.3, 0.4) is 0 Å². The molecule has 59 heavy (non-hydrogen) atoms. The first-order valence-electron chi connectivity index (χ1n) is 16.8. The minimum absolute atomic E-state index is 0.0198. The molecule has 0 aromatic carbocycles. The molecule has 28 nitrogen and oxygen atoms in total. The lowest BCUT2D eigenvalue weighted by atomic mass is 9.62. The minimum atomic E-state index is -2.72. The van der Waals surface area contributed by atoms with Gasteiger partial charge in [0.2, 0.25) is 23.6 Å². The Kier molecular flexibility index (Phi) is 16.1. The van der Waals surface area contributed by atoms with Crippen LogP contribution in [0.15, 0.2) is 0 Å². The predicted octanol–water partition coefficient (Wildman–Crippen LogP) is -4.66. The fourth-order valence-corrected chi connectivity index (χ4v) is 5.62. The first-order valence-corrected chi connectivity index (χ1v) is 16.8. The highest BCUT2D eigenvalue weighted by molar-refractivity contribution is 6.32. The van der Waals surface area contributed by atoms with Gasteiger partial charge >= 0.3 is 47.9 Å². The van der Waals surface area contributed by atoms with E-state index in [-0.39, 0.29) is 32.1 Å². The van der Waals surface area contributed by atoms with Crippen LogP contribution < -0.4 is 33.2 Å². The van der Waals surface area contributed by atoms with Crippen molar-refractivity contribution in [1.29, 1.82) is 0 Å². The average Bonchev–Trinajstić information content (AvgIpc) is 3.13. The molecule has 0 radical (unpaired) electrons. The number of carbonyl (C=O) groups excluding carboxylic acids is 9. The van der Waals surface area contributed by atoms with E-state index < -0.39 is 131 Å². The van der Waals surface area contributed by atoms with Crippen LogP contribution in [-0.2, 0) is 52.7 Å². The highest BCUT2D eigenvalue weighted by Crippen LogP contribution is 2.43. The van der Waals surface area contributed by atoms with Gasteiger partial charge in [-0.15, -0.1) is 0 Å². The molecule has 0 aromatic rings. The molecule has 0 aliphatic carbocycles. The van der Waals surface area contributed by atoms with Crippen LogP contribution in [0.25, 0.3) is 0 Å². The third-order valence-corrected chi connectivity index (χ3v) is 9.34. The van der Waals surface area contributed by atoms with Crippen molar-refractivity contribution in [3.8, 4) is 0 Å². The van der Waals surface area contributed by atoms with Gasteiger partial charge < -0.3 is 37.0 Å². The van der Waals surface area contributed by atoms with E-state index >= 15 is 0 Å². The number of likely N-dealkylation sites (N-methyl/N-ethyl adjacent to an activating group) is 1. The molecule has 12 amide bonds. The van der Waals surface area contributed by atoms with Gasteiger partial charge in [0.1, 0.15) is 17.0 Å². The fraction of sp³-hybridized carbons (Fsp3) is 0.548. The van der Waals surface area contributed by atoms with E-state index in [1.807, 2.05) is 10.6 Å². The van der Waals surface area contributed by atoms with Crippen LogP contribution in [-0.4, -0.2) is 161 Å². The van der Waals surface area contributed by atoms with Gasteiger partial charge in [0.05, 0.1) is 0 Å². The van der Waals surface area contributed by atoms with E-state index in [1.165, 1.54) is 14.0 Å². The highest BCUT2D eigenvalue weighted by Gasteiger charge is 2.66. The monoisotopic (exact) mass is 845 g/mol. The third kappa shape index (κ3) is 10.5. The lowest BCUT2D eigenvalue weighted by Gasteiger charge is -2.46. The summed E-state index contributed by atoms with van der Waals surface area (Å²) in [6.45, 7) is 1.20. The molecule has 3 rings (SSSR count). The standard InChI is InChI=1S/C16H23N3O9.C9H13N3O5.C6H7N3O5/c1-19-12(25)15(7-4-6-10(22)23,11(24)18-14(19)28)16(17,13(26)27)8-3-2-5-9(20)21;1-9(10,7(15)16)3-4-5(13)11-8(17)12(2)6(4)14;1-9-3(11)6(7,4(12)13)2(10)8-5(9)14/h2-8,17H2,1H3,(H,20,21)(H,22,23)(H,26,27)(H,18,24,28);4H,3,10H2,1-2H3,(H,15,16)(H,11,13,17);7H2,1H3,(H,12,13)(H,8,10,14). The van der Waals surface area contributed by atoms with Gasteiger partial charge in [-0.3, -0.25) is 84.3 Å². The summed E-state index contributed by atoms with van der Waals surface area (Å²) in [5.41, 5.74) is 7.29. The van der Waals surface area contributed by atoms with Gasteiger partial charge in [-0.25, -0.2) is 19.2 Å². The number of rotatable bonds is 15. The topological polar surface area (TPSA) is 464 Å². The number of barbiturate groups is 3. The first kappa shape index (κ1) is 50.1. The van der Waals surface area contributed by atoms with E-state index in [1.54, 1.807) is 5.32 Å². The second kappa shape index (κ2) is 19.0. The maximum atomic E-state index is 12.9. The number of imide groups is 6.